The van der Waals surface area contributed by atoms with Gasteiger partial charge in [-0.3, -0.25) is 14.2 Å². The monoisotopic (exact) mass is 327 g/mol. The molecule has 1 aliphatic heterocycles. The first kappa shape index (κ1) is 15.4. The van der Waals surface area contributed by atoms with Crippen LogP contribution in [0, 0.1) is 13.8 Å². The second-order valence-corrected chi connectivity index (χ2v) is 7.26. The average molecular weight is 327 g/mol. The molecule has 2 aromatic rings. The van der Waals surface area contributed by atoms with Crippen LogP contribution in [0.25, 0.3) is 0 Å². The van der Waals surface area contributed by atoms with Crippen molar-refractivity contribution in [1.82, 2.24) is 24.5 Å². The van der Waals surface area contributed by atoms with Crippen LogP contribution in [-0.2, 0) is 7.05 Å². The molecule has 0 bridgehead atoms. The van der Waals surface area contributed by atoms with Gasteiger partial charge in [0.15, 0.2) is 0 Å². The maximum atomic E-state index is 13.1. The predicted molar refractivity (Wildman–Crippen MR) is 91.1 cm³/mol. The number of hydrogen-bond donors (Lipinski definition) is 0. The maximum absolute atomic E-state index is 13.1. The van der Waals surface area contributed by atoms with Crippen molar-refractivity contribution in [2.45, 2.75) is 51.5 Å². The van der Waals surface area contributed by atoms with Crippen molar-refractivity contribution < 1.29 is 4.79 Å². The van der Waals surface area contributed by atoms with Crippen LogP contribution in [0.5, 0.6) is 0 Å². The van der Waals surface area contributed by atoms with Gasteiger partial charge in [-0.15, -0.1) is 0 Å². The fraction of sp³-hybridized carbons (Fsp3) is 0.611. The molecule has 2 aromatic heterocycles. The fourth-order valence-electron chi connectivity index (χ4n) is 3.98. The molecule has 1 unspecified atom stereocenters. The lowest BCUT2D eigenvalue weighted by atomic mass is 10.0. The Hall–Kier alpha value is -2.11. The predicted octanol–water partition coefficient (Wildman–Crippen LogP) is 2.59. The Morgan fingerprint density at radius 2 is 2.04 bits per heavy atom. The second kappa shape index (κ2) is 5.76. The number of nitrogens with zero attached hydrogens (tertiary/aromatic N) is 5. The molecule has 3 heterocycles. The Labute approximate surface area is 142 Å². The van der Waals surface area contributed by atoms with E-state index in [1.54, 1.807) is 6.20 Å². The van der Waals surface area contributed by atoms with Crippen molar-refractivity contribution in [2.75, 3.05) is 13.1 Å². The van der Waals surface area contributed by atoms with Gasteiger partial charge >= 0.3 is 0 Å². The molecule has 6 nitrogen and oxygen atoms in total. The molecule has 24 heavy (non-hydrogen) atoms. The lowest BCUT2D eigenvalue weighted by molar-refractivity contribution is 0.0670. The normalized spacial score (nSPS) is 21.3. The first-order valence-electron chi connectivity index (χ1n) is 8.88. The number of likely N-dealkylation sites (tertiary alicyclic amines) is 1. The summed E-state index contributed by atoms with van der Waals surface area (Å²) in [7, 11) is 1.94. The molecule has 128 valence electrons. The largest absolute Gasteiger partial charge is 0.336 e. The number of piperidine rings is 1. The topological polar surface area (TPSA) is 56.0 Å². The van der Waals surface area contributed by atoms with Crippen LogP contribution in [-0.4, -0.2) is 43.5 Å². The minimum atomic E-state index is 0.135. The van der Waals surface area contributed by atoms with E-state index in [2.05, 4.69) is 27.9 Å². The van der Waals surface area contributed by atoms with E-state index in [0.29, 0.717) is 5.92 Å². The summed E-state index contributed by atoms with van der Waals surface area (Å²) in [6.07, 6.45) is 6.20. The highest BCUT2D eigenvalue weighted by Crippen LogP contribution is 2.41. The van der Waals surface area contributed by atoms with E-state index in [4.69, 9.17) is 0 Å². The van der Waals surface area contributed by atoms with Crippen LogP contribution < -0.4 is 0 Å². The van der Waals surface area contributed by atoms with Crippen molar-refractivity contribution in [2.24, 2.45) is 7.05 Å². The number of carbonyl (C=O) groups excluding carboxylic acids is 1. The molecule has 2 aliphatic rings. The molecule has 6 heteroatoms. The maximum Gasteiger partial charge on any atom is 0.257 e. The number of rotatable bonds is 3. The highest BCUT2D eigenvalue weighted by atomic mass is 16.2. The molecule has 1 saturated heterocycles. The quantitative estimate of drug-likeness (QED) is 0.871. The van der Waals surface area contributed by atoms with E-state index in [-0.39, 0.29) is 11.9 Å². The molecular formula is C18H25N5O. The van der Waals surface area contributed by atoms with E-state index in [0.717, 1.165) is 42.9 Å². The molecular weight excluding hydrogens is 302 g/mol. The molecule has 2 fully saturated rings. The molecule has 0 spiro atoms. The van der Waals surface area contributed by atoms with Gasteiger partial charge in [0.1, 0.15) is 0 Å². The molecule has 1 saturated carbocycles. The van der Waals surface area contributed by atoms with Crippen LogP contribution in [0.2, 0.25) is 0 Å². The van der Waals surface area contributed by atoms with E-state index in [1.807, 2.05) is 23.6 Å². The molecule has 1 aliphatic carbocycles. The SMILES string of the molecule is Cc1cc(C)n(C2CCCN(C(=O)c3cnn(C)c3C3CC3)C2)n1. The van der Waals surface area contributed by atoms with Gasteiger partial charge in [0.05, 0.1) is 29.2 Å². The van der Waals surface area contributed by atoms with Crippen molar-refractivity contribution in [3.8, 4) is 0 Å². The van der Waals surface area contributed by atoms with Gasteiger partial charge in [-0.05, 0) is 45.6 Å². The lowest BCUT2D eigenvalue weighted by Crippen LogP contribution is -2.41. The Kier molecular flexibility index (Phi) is 3.70. The molecule has 1 amide bonds. The van der Waals surface area contributed by atoms with Crippen LogP contribution >= 0.6 is 0 Å². The third kappa shape index (κ3) is 2.64. The third-order valence-corrected chi connectivity index (χ3v) is 5.25. The summed E-state index contributed by atoms with van der Waals surface area (Å²) in [4.78, 5) is 15.1. The number of aryl methyl sites for hydroxylation is 3. The van der Waals surface area contributed by atoms with Gasteiger partial charge in [-0.25, -0.2) is 0 Å². The van der Waals surface area contributed by atoms with Crippen molar-refractivity contribution in [3.63, 3.8) is 0 Å². The van der Waals surface area contributed by atoms with Crippen LogP contribution in [0.4, 0.5) is 0 Å². The summed E-state index contributed by atoms with van der Waals surface area (Å²) in [5.74, 6) is 0.657. The molecule has 0 radical (unpaired) electrons. The zero-order valence-corrected chi connectivity index (χ0v) is 14.7. The number of carbonyl (C=O) groups is 1. The van der Waals surface area contributed by atoms with Gasteiger partial charge in [-0.2, -0.15) is 10.2 Å². The first-order chi connectivity index (χ1) is 11.5. The zero-order valence-electron chi connectivity index (χ0n) is 14.7. The molecule has 4 rings (SSSR count). The summed E-state index contributed by atoms with van der Waals surface area (Å²) in [5, 5.41) is 8.96. The summed E-state index contributed by atoms with van der Waals surface area (Å²) >= 11 is 0. The minimum absolute atomic E-state index is 0.135. The average Bonchev–Trinajstić information content (AvgIpc) is 3.25. The molecule has 1 atom stereocenters. The van der Waals surface area contributed by atoms with Crippen LogP contribution in [0.3, 0.4) is 0 Å². The highest BCUT2D eigenvalue weighted by Gasteiger charge is 2.34. The van der Waals surface area contributed by atoms with Crippen molar-refractivity contribution in [1.29, 1.82) is 0 Å². The summed E-state index contributed by atoms with van der Waals surface area (Å²) in [6.45, 7) is 5.67. The Bertz CT molecular complexity index is 770. The fourth-order valence-corrected chi connectivity index (χ4v) is 3.98. The number of hydrogen-bond acceptors (Lipinski definition) is 3. The van der Waals surface area contributed by atoms with Crippen LogP contribution in [0.1, 0.15) is 65.1 Å². The van der Waals surface area contributed by atoms with Gasteiger partial charge in [0.2, 0.25) is 0 Å². The zero-order chi connectivity index (χ0) is 16.8. The smallest absolute Gasteiger partial charge is 0.257 e. The number of amides is 1. The van der Waals surface area contributed by atoms with Crippen molar-refractivity contribution in [3.05, 3.63) is 34.9 Å². The van der Waals surface area contributed by atoms with Crippen LogP contribution in [0.15, 0.2) is 12.3 Å². The van der Waals surface area contributed by atoms with E-state index >= 15 is 0 Å². The third-order valence-electron chi connectivity index (χ3n) is 5.25. The first-order valence-corrected chi connectivity index (χ1v) is 8.88. The summed E-state index contributed by atoms with van der Waals surface area (Å²) in [5.41, 5.74) is 4.13. The van der Waals surface area contributed by atoms with E-state index < -0.39 is 0 Å². The lowest BCUT2D eigenvalue weighted by Gasteiger charge is -2.33. The highest BCUT2D eigenvalue weighted by molar-refractivity contribution is 5.95. The number of aromatic nitrogens is 4. The Morgan fingerprint density at radius 1 is 1.25 bits per heavy atom. The minimum Gasteiger partial charge on any atom is -0.336 e. The Morgan fingerprint density at radius 3 is 2.71 bits per heavy atom. The van der Waals surface area contributed by atoms with Gasteiger partial charge in [0, 0.05) is 31.7 Å². The van der Waals surface area contributed by atoms with Crippen molar-refractivity contribution >= 4 is 5.91 Å². The molecule has 0 N–H and O–H groups in total. The van der Waals surface area contributed by atoms with Gasteiger partial charge in [0.25, 0.3) is 5.91 Å². The standard InChI is InChI=1S/C18H25N5O/c1-12-9-13(2)23(20-12)15-5-4-8-22(11-15)18(24)16-10-19-21(3)17(16)14-6-7-14/h9-10,14-15H,4-8,11H2,1-3H3. The summed E-state index contributed by atoms with van der Waals surface area (Å²) in [6, 6.07) is 2.38. The van der Waals surface area contributed by atoms with E-state index in [9.17, 15) is 4.79 Å². The summed E-state index contributed by atoms with van der Waals surface area (Å²) < 4.78 is 3.98. The Balaban J connectivity index is 1.56. The molecule has 0 aromatic carbocycles. The second-order valence-electron chi connectivity index (χ2n) is 7.26. The van der Waals surface area contributed by atoms with E-state index in [1.165, 1.54) is 18.5 Å². The van der Waals surface area contributed by atoms with Gasteiger partial charge < -0.3 is 4.90 Å². The van der Waals surface area contributed by atoms with Gasteiger partial charge in [-0.1, -0.05) is 0 Å².